The monoisotopic (exact) mass is 344 g/mol. The second kappa shape index (κ2) is 8.02. The lowest BCUT2D eigenvalue weighted by atomic mass is 9.99. The summed E-state index contributed by atoms with van der Waals surface area (Å²) in [5.74, 6) is 0. The van der Waals surface area contributed by atoms with Crippen molar-refractivity contribution in [2.45, 2.75) is 38.0 Å². The Hall–Kier alpha value is -1.55. The molecule has 24 heavy (non-hydrogen) atoms. The Balaban J connectivity index is 1.51. The summed E-state index contributed by atoms with van der Waals surface area (Å²) >= 11 is 5.91. The first-order chi connectivity index (χ1) is 11.6. The third kappa shape index (κ3) is 4.29. The minimum absolute atomic E-state index is 0.0134. The van der Waals surface area contributed by atoms with Crippen molar-refractivity contribution in [2.75, 3.05) is 18.0 Å². The number of hydrogen-bond donors (Lipinski definition) is 2. The molecule has 1 saturated heterocycles. The standard InChI is InChI=1S/C20H25ClN2O/c1-15(20(24)16-7-9-17(21)10-8-16)22-18-11-13-23(14-12-18)19-5-3-2-4-6-19/h2-10,15,18,20,22,24H,11-14H2,1H3. The van der Waals surface area contributed by atoms with Crippen LogP contribution in [-0.2, 0) is 0 Å². The molecule has 0 aromatic heterocycles. The third-order valence-corrected chi connectivity index (χ3v) is 5.05. The molecule has 0 amide bonds. The van der Waals surface area contributed by atoms with E-state index in [9.17, 15) is 5.11 Å². The van der Waals surface area contributed by atoms with E-state index in [1.807, 2.05) is 31.2 Å². The molecule has 2 N–H and O–H groups in total. The van der Waals surface area contributed by atoms with Crippen LogP contribution in [0.1, 0.15) is 31.4 Å². The summed E-state index contributed by atoms with van der Waals surface area (Å²) in [5.41, 5.74) is 2.20. The van der Waals surface area contributed by atoms with Crippen LogP contribution in [0.4, 0.5) is 5.69 Å². The number of benzene rings is 2. The molecule has 3 rings (SSSR count). The van der Waals surface area contributed by atoms with Crippen LogP contribution in [0.15, 0.2) is 54.6 Å². The number of anilines is 1. The van der Waals surface area contributed by atoms with Crippen LogP contribution in [0.5, 0.6) is 0 Å². The highest BCUT2D eigenvalue weighted by molar-refractivity contribution is 6.30. The van der Waals surface area contributed by atoms with Gasteiger partial charge in [-0.05, 0) is 49.6 Å². The van der Waals surface area contributed by atoms with Crippen molar-refractivity contribution < 1.29 is 5.11 Å². The van der Waals surface area contributed by atoms with E-state index in [4.69, 9.17) is 11.6 Å². The minimum atomic E-state index is -0.519. The van der Waals surface area contributed by atoms with Crippen LogP contribution in [0, 0.1) is 0 Å². The maximum absolute atomic E-state index is 10.5. The molecule has 0 bridgehead atoms. The number of nitrogens with zero attached hydrogens (tertiary/aromatic N) is 1. The van der Waals surface area contributed by atoms with Crippen molar-refractivity contribution in [3.05, 3.63) is 65.2 Å². The summed E-state index contributed by atoms with van der Waals surface area (Å²) in [5, 5.41) is 14.8. The summed E-state index contributed by atoms with van der Waals surface area (Å²) in [6.45, 7) is 4.14. The normalized spacial score (nSPS) is 18.4. The maximum Gasteiger partial charge on any atom is 0.0940 e. The fraction of sp³-hybridized carbons (Fsp3) is 0.400. The van der Waals surface area contributed by atoms with E-state index in [1.165, 1.54) is 5.69 Å². The van der Waals surface area contributed by atoms with Gasteiger partial charge in [-0.15, -0.1) is 0 Å². The average Bonchev–Trinajstić information content (AvgIpc) is 2.63. The van der Waals surface area contributed by atoms with Crippen molar-refractivity contribution in [2.24, 2.45) is 0 Å². The van der Waals surface area contributed by atoms with Crippen LogP contribution in [0.3, 0.4) is 0 Å². The zero-order valence-electron chi connectivity index (χ0n) is 14.0. The first kappa shape index (κ1) is 17.3. The Bertz CT molecular complexity index is 624. The van der Waals surface area contributed by atoms with E-state index in [-0.39, 0.29) is 6.04 Å². The number of aliphatic hydroxyl groups excluding tert-OH is 1. The molecule has 0 aliphatic carbocycles. The Labute approximate surface area is 149 Å². The Morgan fingerprint density at radius 3 is 2.29 bits per heavy atom. The number of rotatable bonds is 5. The zero-order chi connectivity index (χ0) is 16.9. The SMILES string of the molecule is CC(NC1CCN(c2ccccc2)CC1)C(O)c1ccc(Cl)cc1. The minimum Gasteiger partial charge on any atom is -0.387 e. The predicted molar refractivity (Wildman–Crippen MR) is 101 cm³/mol. The molecule has 1 aliphatic heterocycles. The van der Waals surface area contributed by atoms with Gasteiger partial charge in [0.05, 0.1) is 6.10 Å². The van der Waals surface area contributed by atoms with Gasteiger partial charge >= 0.3 is 0 Å². The van der Waals surface area contributed by atoms with Gasteiger partial charge in [0.15, 0.2) is 0 Å². The summed E-state index contributed by atoms with van der Waals surface area (Å²) in [6, 6.07) is 18.5. The fourth-order valence-corrected chi connectivity index (χ4v) is 3.48. The molecule has 3 nitrogen and oxygen atoms in total. The molecule has 128 valence electrons. The number of piperidine rings is 1. The Morgan fingerprint density at radius 2 is 1.67 bits per heavy atom. The van der Waals surface area contributed by atoms with E-state index in [1.54, 1.807) is 0 Å². The highest BCUT2D eigenvalue weighted by Crippen LogP contribution is 2.23. The largest absolute Gasteiger partial charge is 0.387 e. The molecule has 0 radical (unpaired) electrons. The second-order valence-electron chi connectivity index (χ2n) is 6.55. The highest BCUT2D eigenvalue weighted by Gasteiger charge is 2.23. The second-order valence-corrected chi connectivity index (χ2v) is 6.99. The van der Waals surface area contributed by atoms with Gasteiger partial charge in [-0.25, -0.2) is 0 Å². The summed E-state index contributed by atoms with van der Waals surface area (Å²) in [6.07, 6.45) is 1.66. The van der Waals surface area contributed by atoms with Gasteiger partial charge in [-0.3, -0.25) is 0 Å². The predicted octanol–water partition coefficient (Wildman–Crippen LogP) is 4.02. The quantitative estimate of drug-likeness (QED) is 0.860. The number of hydrogen-bond acceptors (Lipinski definition) is 3. The van der Waals surface area contributed by atoms with Gasteiger partial charge in [0.1, 0.15) is 0 Å². The lowest BCUT2D eigenvalue weighted by molar-refractivity contribution is 0.126. The van der Waals surface area contributed by atoms with Gasteiger partial charge in [-0.1, -0.05) is 41.9 Å². The van der Waals surface area contributed by atoms with E-state index >= 15 is 0 Å². The Kier molecular flexibility index (Phi) is 5.77. The molecule has 1 heterocycles. The van der Waals surface area contributed by atoms with Crippen molar-refractivity contribution in [3.8, 4) is 0 Å². The number of para-hydroxylation sites is 1. The van der Waals surface area contributed by atoms with Crippen molar-refractivity contribution in [3.63, 3.8) is 0 Å². The average molecular weight is 345 g/mol. The first-order valence-electron chi connectivity index (χ1n) is 8.63. The summed E-state index contributed by atoms with van der Waals surface area (Å²) < 4.78 is 0. The fourth-order valence-electron chi connectivity index (χ4n) is 3.35. The molecule has 0 saturated carbocycles. The topological polar surface area (TPSA) is 35.5 Å². The molecule has 4 heteroatoms. The van der Waals surface area contributed by atoms with E-state index in [0.29, 0.717) is 11.1 Å². The molecule has 1 fully saturated rings. The van der Waals surface area contributed by atoms with Crippen LogP contribution in [0.2, 0.25) is 5.02 Å². The van der Waals surface area contributed by atoms with Crippen LogP contribution in [-0.4, -0.2) is 30.3 Å². The molecule has 0 spiro atoms. The van der Waals surface area contributed by atoms with Crippen molar-refractivity contribution in [1.82, 2.24) is 5.32 Å². The van der Waals surface area contributed by atoms with Gasteiger partial charge in [0.2, 0.25) is 0 Å². The van der Waals surface area contributed by atoms with E-state index in [2.05, 4.69) is 40.5 Å². The summed E-state index contributed by atoms with van der Waals surface area (Å²) in [4.78, 5) is 2.43. The number of aliphatic hydroxyl groups is 1. The molecule has 2 aromatic rings. The molecule has 1 aliphatic rings. The lowest BCUT2D eigenvalue weighted by Gasteiger charge is -2.36. The third-order valence-electron chi connectivity index (χ3n) is 4.80. The smallest absolute Gasteiger partial charge is 0.0940 e. The van der Waals surface area contributed by atoms with E-state index in [0.717, 1.165) is 31.5 Å². The summed E-state index contributed by atoms with van der Waals surface area (Å²) in [7, 11) is 0. The lowest BCUT2D eigenvalue weighted by Crippen LogP contribution is -2.47. The first-order valence-corrected chi connectivity index (χ1v) is 9.01. The van der Waals surface area contributed by atoms with Crippen molar-refractivity contribution >= 4 is 17.3 Å². The molecular formula is C20H25ClN2O. The molecule has 2 atom stereocenters. The van der Waals surface area contributed by atoms with Crippen LogP contribution >= 0.6 is 11.6 Å². The highest BCUT2D eigenvalue weighted by atomic mass is 35.5. The van der Waals surface area contributed by atoms with Gasteiger partial charge in [0, 0.05) is 35.9 Å². The molecular weight excluding hydrogens is 320 g/mol. The number of halogens is 1. The molecule has 2 unspecified atom stereocenters. The Morgan fingerprint density at radius 1 is 1.04 bits per heavy atom. The van der Waals surface area contributed by atoms with Crippen LogP contribution in [0.25, 0.3) is 0 Å². The molecule has 2 aromatic carbocycles. The van der Waals surface area contributed by atoms with Crippen LogP contribution < -0.4 is 10.2 Å². The van der Waals surface area contributed by atoms with Gasteiger partial charge < -0.3 is 15.3 Å². The van der Waals surface area contributed by atoms with E-state index < -0.39 is 6.10 Å². The zero-order valence-corrected chi connectivity index (χ0v) is 14.8. The number of nitrogens with one attached hydrogen (secondary N) is 1. The van der Waals surface area contributed by atoms with Crippen molar-refractivity contribution in [1.29, 1.82) is 0 Å². The maximum atomic E-state index is 10.5. The van der Waals surface area contributed by atoms with Gasteiger partial charge in [-0.2, -0.15) is 0 Å². The van der Waals surface area contributed by atoms with Gasteiger partial charge in [0.25, 0.3) is 0 Å².